The molecule has 5 nitrogen and oxygen atoms in total. The molecule has 0 amide bonds. The van der Waals surface area contributed by atoms with Crippen LogP contribution in [0.5, 0.6) is 0 Å². The van der Waals surface area contributed by atoms with Crippen LogP contribution in [-0.2, 0) is 0 Å². The molecule has 0 aliphatic rings. The second-order valence-electron chi connectivity index (χ2n) is 2.62. The number of aliphatic hydroxyl groups is 3. The van der Waals surface area contributed by atoms with Gasteiger partial charge in [0.25, 0.3) is 0 Å². The maximum atomic E-state index is 9.25. The van der Waals surface area contributed by atoms with Gasteiger partial charge in [-0.3, -0.25) is 0 Å². The molecule has 0 aliphatic heterocycles. The third kappa shape index (κ3) is 2.42. The summed E-state index contributed by atoms with van der Waals surface area (Å²) in [5, 5.41) is 43.6. The van der Waals surface area contributed by atoms with E-state index in [0.717, 1.165) is 0 Å². The van der Waals surface area contributed by atoms with Crippen molar-refractivity contribution in [3.8, 4) is 0 Å². The summed E-state index contributed by atoms with van der Waals surface area (Å²) in [4.78, 5) is 0. The Morgan fingerprint density at radius 3 is 1.73 bits per heavy atom. The lowest BCUT2D eigenvalue weighted by Gasteiger charge is -2.29. The van der Waals surface area contributed by atoms with E-state index in [0.29, 0.717) is 0 Å². The van der Waals surface area contributed by atoms with Crippen LogP contribution in [-0.4, -0.2) is 51.3 Å². The zero-order chi connectivity index (χ0) is 9.07. The fraction of sp³-hybridized carbons (Fsp3) is 1.00. The van der Waals surface area contributed by atoms with Crippen molar-refractivity contribution in [2.24, 2.45) is 0 Å². The first-order chi connectivity index (χ1) is 4.98. The number of aliphatic hydroxyl groups excluding tert-OH is 2. The molecule has 0 spiro atoms. The van der Waals surface area contributed by atoms with Gasteiger partial charge in [-0.15, -0.1) is 0 Å². The third-order valence-electron chi connectivity index (χ3n) is 1.84. The summed E-state index contributed by atoms with van der Waals surface area (Å²) in [6, 6.07) is 0. The molecular formula is C5H13BO5. The van der Waals surface area contributed by atoms with Crippen LogP contribution in [0.2, 0.25) is 5.82 Å². The molecule has 66 valence electrons. The Bertz CT molecular complexity index is 113. The highest BCUT2D eigenvalue weighted by molar-refractivity contribution is 6.43. The Hall–Kier alpha value is -0.135. The summed E-state index contributed by atoms with van der Waals surface area (Å²) in [6.07, 6.45) is 0. The molecule has 0 heterocycles. The molecule has 6 heteroatoms. The standard InChI is InChI=1S/C5H13BO5/c1-4(6(10)11)5(9,2-7)3-8/h4,7-11H,2-3H2,1H3. The quantitative estimate of drug-likeness (QED) is 0.297. The summed E-state index contributed by atoms with van der Waals surface area (Å²) in [7, 11) is -1.75. The molecule has 0 aromatic heterocycles. The van der Waals surface area contributed by atoms with Crippen molar-refractivity contribution in [2.75, 3.05) is 13.2 Å². The van der Waals surface area contributed by atoms with E-state index in [1.165, 1.54) is 6.92 Å². The molecule has 0 aliphatic carbocycles. The lowest BCUT2D eigenvalue weighted by Crippen LogP contribution is -2.47. The van der Waals surface area contributed by atoms with E-state index < -0.39 is 31.8 Å². The average molecular weight is 164 g/mol. The number of rotatable bonds is 4. The molecule has 0 saturated carbocycles. The molecule has 11 heavy (non-hydrogen) atoms. The minimum Gasteiger partial charge on any atom is -0.427 e. The molecule has 0 saturated heterocycles. The van der Waals surface area contributed by atoms with Gasteiger partial charge in [-0.1, -0.05) is 6.92 Å². The monoisotopic (exact) mass is 164 g/mol. The summed E-state index contributed by atoms with van der Waals surface area (Å²) in [5.74, 6) is -0.988. The normalized spacial score (nSPS) is 14.7. The van der Waals surface area contributed by atoms with E-state index in [2.05, 4.69) is 0 Å². The highest BCUT2D eigenvalue weighted by Gasteiger charge is 2.39. The van der Waals surface area contributed by atoms with Crippen LogP contribution in [0.3, 0.4) is 0 Å². The molecule has 0 fully saturated rings. The van der Waals surface area contributed by atoms with Crippen LogP contribution in [0.15, 0.2) is 0 Å². The largest absolute Gasteiger partial charge is 0.457 e. The summed E-state index contributed by atoms with van der Waals surface area (Å²) < 4.78 is 0. The van der Waals surface area contributed by atoms with Crippen molar-refractivity contribution < 1.29 is 25.4 Å². The predicted molar refractivity (Wildman–Crippen MR) is 38.7 cm³/mol. The van der Waals surface area contributed by atoms with Crippen molar-refractivity contribution in [3.05, 3.63) is 0 Å². The first-order valence-corrected chi connectivity index (χ1v) is 3.28. The molecule has 0 radical (unpaired) electrons. The molecule has 0 aromatic rings. The Morgan fingerprint density at radius 2 is 1.64 bits per heavy atom. The maximum absolute atomic E-state index is 9.25. The van der Waals surface area contributed by atoms with Crippen molar-refractivity contribution in [2.45, 2.75) is 18.3 Å². The third-order valence-corrected chi connectivity index (χ3v) is 1.84. The fourth-order valence-electron chi connectivity index (χ4n) is 0.615. The Labute approximate surface area is 65.1 Å². The zero-order valence-electron chi connectivity index (χ0n) is 6.30. The second kappa shape index (κ2) is 4.03. The lowest BCUT2D eigenvalue weighted by atomic mass is 9.65. The van der Waals surface area contributed by atoms with Gasteiger partial charge in [0.05, 0.1) is 13.2 Å². The zero-order valence-corrected chi connectivity index (χ0v) is 6.30. The molecular weight excluding hydrogens is 151 g/mol. The van der Waals surface area contributed by atoms with E-state index in [1.807, 2.05) is 0 Å². The van der Waals surface area contributed by atoms with Crippen molar-refractivity contribution in [1.29, 1.82) is 0 Å². The van der Waals surface area contributed by atoms with Crippen molar-refractivity contribution in [3.63, 3.8) is 0 Å². The van der Waals surface area contributed by atoms with Crippen LogP contribution in [0.1, 0.15) is 6.92 Å². The van der Waals surface area contributed by atoms with E-state index >= 15 is 0 Å². The van der Waals surface area contributed by atoms with Gasteiger partial charge in [0.2, 0.25) is 0 Å². The first kappa shape index (κ1) is 10.9. The fourth-order valence-corrected chi connectivity index (χ4v) is 0.615. The van der Waals surface area contributed by atoms with Crippen LogP contribution in [0.25, 0.3) is 0 Å². The van der Waals surface area contributed by atoms with Gasteiger partial charge in [-0.2, -0.15) is 0 Å². The summed E-state index contributed by atoms with van der Waals surface area (Å²) in [5.41, 5.74) is -1.83. The predicted octanol–water partition coefficient (Wildman–Crippen LogP) is -2.44. The maximum Gasteiger partial charge on any atom is 0.457 e. The van der Waals surface area contributed by atoms with Gasteiger partial charge in [0, 0.05) is 5.82 Å². The van der Waals surface area contributed by atoms with E-state index in [4.69, 9.17) is 20.3 Å². The molecule has 0 bridgehead atoms. The Kier molecular flexibility index (Phi) is 3.98. The highest BCUT2D eigenvalue weighted by atomic mass is 16.4. The van der Waals surface area contributed by atoms with E-state index in [9.17, 15) is 5.11 Å². The van der Waals surface area contributed by atoms with Crippen LogP contribution in [0.4, 0.5) is 0 Å². The smallest absolute Gasteiger partial charge is 0.427 e. The summed E-state index contributed by atoms with van der Waals surface area (Å²) >= 11 is 0. The minimum absolute atomic E-state index is 0.706. The van der Waals surface area contributed by atoms with Crippen LogP contribution < -0.4 is 0 Å². The second-order valence-corrected chi connectivity index (χ2v) is 2.62. The lowest BCUT2D eigenvalue weighted by molar-refractivity contribution is -0.0616. The van der Waals surface area contributed by atoms with Gasteiger partial charge in [-0.25, -0.2) is 0 Å². The SMILES string of the molecule is CC(B(O)O)C(O)(CO)CO. The topological polar surface area (TPSA) is 101 Å². The van der Waals surface area contributed by atoms with Gasteiger partial charge in [0.15, 0.2) is 0 Å². The Balaban J connectivity index is 4.24. The molecule has 5 N–H and O–H groups in total. The molecule has 1 unspecified atom stereocenters. The van der Waals surface area contributed by atoms with Crippen molar-refractivity contribution in [1.82, 2.24) is 0 Å². The number of hydrogen-bond acceptors (Lipinski definition) is 5. The average Bonchev–Trinajstić information content (AvgIpc) is 2.01. The number of hydrogen-bond donors (Lipinski definition) is 5. The van der Waals surface area contributed by atoms with Gasteiger partial charge in [0.1, 0.15) is 5.60 Å². The highest BCUT2D eigenvalue weighted by Crippen LogP contribution is 2.22. The minimum atomic E-state index is -1.83. The van der Waals surface area contributed by atoms with Gasteiger partial charge >= 0.3 is 7.12 Å². The molecule has 1 atom stereocenters. The molecule has 0 aromatic carbocycles. The van der Waals surface area contributed by atoms with Gasteiger partial charge < -0.3 is 25.4 Å². The van der Waals surface area contributed by atoms with Crippen molar-refractivity contribution >= 4 is 7.12 Å². The Morgan fingerprint density at radius 1 is 1.27 bits per heavy atom. The van der Waals surface area contributed by atoms with E-state index in [-0.39, 0.29) is 0 Å². The molecule has 0 rings (SSSR count). The van der Waals surface area contributed by atoms with Crippen LogP contribution in [0, 0.1) is 0 Å². The van der Waals surface area contributed by atoms with E-state index in [1.54, 1.807) is 0 Å². The first-order valence-electron chi connectivity index (χ1n) is 3.28. The van der Waals surface area contributed by atoms with Gasteiger partial charge in [-0.05, 0) is 0 Å². The van der Waals surface area contributed by atoms with Crippen LogP contribution >= 0.6 is 0 Å². The summed E-state index contributed by atoms with van der Waals surface area (Å²) in [6.45, 7) is -0.0956.